The van der Waals surface area contributed by atoms with Gasteiger partial charge in [-0.3, -0.25) is 0 Å². The summed E-state index contributed by atoms with van der Waals surface area (Å²) in [5, 5.41) is 10.4. The molecule has 2 nitrogen and oxygen atoms in total. The highest BCUT2D eigenvalue weighted by Gasteiger charge is 2.14. The average molecular weight is 260 g/mol. The number of hydrogen-bond acceptors (Lipinski definition) is 2. The van der Waals surface area contributed by atoms with Crippen molar-refractivity contribution < 1.29 is 14.2 Å². The summed E-state index contributed by atoms with van der Waals surface area (Å²) in [5.41, 5.74) is 3.17. The molecule has 1 unspecified atom stereocenters. The molecule has 0 aliphatic rings. The summed E-state index contributed by atoms with van der Waals surface area (Å²) in [7, 11) is 1.60. The Morgan fingerprint density at radius 1 is 1.05 bits per heavy atom. The third-order valence-electron chi connectivity index (χ3n) is 3.27. The molecule has 0 amide bonds. The molecule has 0 aliphatic heterocycles. The fourth-order valence-electron chi connectivity index (χ4n) is 2.13. The molecule has 3 heteroatoms. The number of hydrogen-bond donors (Lipinski definition) is 1. The van der Waals surface area contributed by atoms with Gasteiger partial charge in [0, 0.05) is 0 Å². The minimum absolute atomic E-state index is 0.296. The first-order valence-electron chi connectivity index (χ1n) is 6.11. The lowest BCUT2D eigenvalue weighted by Crippen LogP contribution is -2.03. The number of rotatable bonds is 3. The molecular weight excluding hydrogens is 243 g/mol. The van der Waals surface area contributed by atoms with E-state index in [1.165, 1.54) is 12.1 Å². The van der Waals surface area contributed by atoms with E-state index >= 15 is 0 Å². The molecule has 2 aromatic rings. The average Bonchev–Trinajstić information content (AvgIpc) is 2.38. The van der Waals surface area contributed by atoms with Crippen molar-refractivity contribution in [3.63, 3.8) is 0 Å². The second-order valence-electron chi connectivity index (χ2n) is 4.63. The number of ether oxygens (including phenoxy) is 1. The summed E-state index contributed by atoms with van der Waals surface area (Å²) in [6.45, 7) is 3.73. The van der Waals surface area contributed by atoms with Crippen LogP contribution in [0.15, 0.2) is 36.4 Å². The lowest BCUT2D eigenvalue weighted by molar-refractivity contribution is 0.219. The molecule has 1 atom stereocenters. The first kappa shape index (κ1) is 13.6. The van der Waals surface area contributed by atoms with Crippen molar-refractivity contribution in [3.05, 3.63) is 64.5 Å². The van der Waals surface area contributed by atoms with Gasteiger partial charge < -0.3 is 9.84 Å². The Bertz CT molecular complexity index is 593. The van der Waals surface area contributed by atoms with Gasteiger partial charge in [-0.2, -0.15) is 0 Å². The van der Waals surface area contributed by atoms with E-state index in [4.69, 9.17) is 4.74 Å². The minimum Gasteiger partial charge on any atom is -0.496 e. The molecule has 100 valence electrons. The quantitative estimate of drug-likeness (QED) is 0.914. The molecule has 0 radical (unpaired) electrons. The Hall–Kier alpha value is -1.87. The Kier molecular flexibility index (Phi) is 3.86. The van der Waals surface area contributed by atoms with E-state index in [-0.39, 0.29) is 5.82 Å². The largest absolute Gasteiger partial charge is 0.496 e. The van der Waals surface area contributed by atoms with Crippen LogP contribution in [0.2, 0.25) is 0 Å². The van der Waals surface area contributed by atoms with Crippen LogP contribution in [0.4, 0.5) is 4.39 Å². The zero-order valence-electron chi connectivity index (χ0n) is 11.3. The molecule has 0 bridgehead atoms. The van der Waals surface area contributed by atoms with Crippen LogP contribution in [-0.4, -0.2) is 12.2 Å². The summed E-state index contributed by atoms with van der Waals surface area (Å²) in [6, 6.07) is 9.95. The summed E-state index contributed by atoms with van der Waals surface area (Å²) in [6.07, 6.45) is -0.782. The maximum Gasteiger partial charge on any atom is 0.123 e. The number of halogens is 1. The van der Waals surface area contributed by atoms with E-state index in [9.17, 15) is 9.50 Å². The van der Waals surface area contributed by atoms with Gasteiger partial charge in [0.05, 0.1) is 7.11 Å². The van der Waals surface area contributed by atoms with Crippen LogP contribution in [0.1, 0.15) is 28.4 Å². The van der Waals surface area contributed by atoms with Crippen molar-refractivity contribution in [1.82, 2.24) is 0 Å². The summed E-state index contributed by atoms with van der Waals surface area (Å²) < 4.78 is 18.3. The van der Waals surface area contributed by atoms with Crippen LogP contribution in [0.5, 0.6) is 5.75 Å². The number of methoxy groups -OCH3 is 1. The molecule has 0 spiro atoms. The zero-order valence-corrected chi connectivity index (χ0v) is 11.3. The topological polar surface area (TPSA) is 29.5 Å². The molecule has 0 aromatic heterocycles. The Balaban J connectivity index is 2.40. The number of aliphatic hydroxyl groups excluding tert-OH is 1. The highest BCUT2D eigenvalue weighted by atomic mass is 19.1. The van der Waals surface area contributed by atoms with Crippen molar-refractivity contribution in [2.45, 2.75) is 20.0 Å². The highest BCUT2D eigenvalue weighted by molar-refractivity contribution is 5.42. The Labute approximate surface area is 112 Å². The lowest BCUT2D eigenvalue weighted by atomic mass is 9.96. The molecule has 0 fully saturated rings. The SMILES string of the molecule is COc1cc(C(O)c2ccc(F)cc2C)ccc1C. The molecular formula is C16H17FO2. The van der Waals surface area contributed by atoms with Crippen LogP contribution >= 0.6 is 0 Å². The number of benzene rings is 2. The third kappa shape index (κ3) is 2.76. The van der Waals surface area contributed by atoms with Crippen LogP contribution in [-0.2, 0) is 0 Å². The fraction of sp³-hybridized carbons (Fsp3) is 0.250. The molecule has 0 heterocycles. The maximum absolute atomic E-state index is 13.1. The van der Waals surface area contributed by atoms with Gasteiger partial charge in [0.2, 0.25) is 0 Å². The van der Waals surface area contributed by atoms with Gasteiger partial charge >= 0.3 is 0 Å². The standard InChI is InChI=1S/C16H17FO2/c1-10-4-5-12(9-15(10)19-3)16(18)14-7-6-13(17)8-11(14)2/h4-9,16,18H,1-3H3. The monoisotopic (exact) mass is 260 g/mol. The van der Waals surface area contributed by atoms with Crippen LogP contribution in [0.3, 0.4) is 0 Å². The van der Waals surface area contributed by atoms with E-state index in [0.717, 1.165) is 22.4 Å². The van der Waals surface area contributed by atoms with E-state index in [1.54, 1.807) is 20.1 Å². The summed E-state index contributed by atoms with van der Waals surface area (Å²) in [4.78, 5) is 0. The molecule has 2 rings (SSSR count). The van der Waals surface area contributed by atoms with Gasteiger partial charge in [-0.25, -0.2) is 4.39 Å². The molecule has 1 N–H and O–H groups in total. The molecule has 19 heavy (non-hydrogen) atoms. The van der Waals surface area contributed by atoms with Crippen LogP contribution < -0.4 is 4.74 Å². The van der Waals surface area contributed by atoms with Crippen LogP contribution in [0.25, 0.3) is 0 Å². The van der Waals surface area contributed by atoms with Crippen LogP contribution in [0, 0.1) is 19.7 Å². The molecule has 0 saturated heterocycles. The maximum atomic E-state index is 13.1. The fourth-order valence-corrected chi connectivity index (χ4v) is 2.13. The Morgan fingerprint density at radius 2 is 1.79 bits per heavy atom. The van der Waals surface area contributed by atoms with Gasteiger partial charge in [-0.05, 0) is 54.3 Å². The van der Waals surface area contributed by atoms with Gasteiger partial charge in [-0.15, -0.1) is 0 Å². The van der Waals surface area contributed by atoms with Crippen molar-refractivity contribution >= 4 is 0 Å². The van der Waals surface area contributed by atoms with Gasteiger partial charge in [0.25, 0.3) is 0 Å². The van der Waals surface area contributed by atoms with E-state index < -0.39 is 6.10 Å². The molecule has 0 saturated carbocycles. The zero-order chi connectivity index (χ0) is 14.0. The first-order valence-corrected chi connectivity index (χ1v) is 6.11. The van der Waals surface area contributed by atoms with Crippen molar-refractivity contribution in [2.24, 2.45) is 0 Å². The first-order chi connectivity index (χ1) is 9.02. The van der Waals surface area contributed by atoms with Crippen molar-refractivity contribution in [1.29, 1.82) is 0 Å². The highest BCUT2D eigenvalue weighted by Crippen LogP contribution is 2.29. The summed E-state index contributed by atoms with van der Waals surface area (Å²) in [5.74, 6) is 0.436. The molecule has 0 aliphatic carbocycles. The molecule has 2 aromatic carbocycles. The minimum atomic E-state index is -0.782. The number of aryl methyl sites for hydroxylation is 2. The second-order valence-corrected chi connectivity index (χ2v) is 4.63. The van der Waals surface area contributed by atoms with Gasteiger partial charge in [-0.1, -0.05) is 18.2 Å². The predicted octanol–water partition coefficient (Wildman–Crippen LogP) is 3.53. The summed E-state index contributed by atoms with van der Waals surface area (Å²) >= 11 is 0. The van der Waals surface area contributed by atoms with E-state index in [1.807, 2.05) is 25.1 Å². The van der Waals surface area contributed by atoms with Crippen molar-refractivity contribution in [3.8, 4) is 5.75 Å². The van der Waals surface area contributed by atoms with Gasteiger partial charge in [0.1, 0.15) is 17.7 Å². The van der Waals surface area contributed by atoms with Gasteiger partial charge in [0.15, 0.2) is 0 Å². The smallest absolute Gasteiger partial charge is 0.123 e. The number of aliphatic hydroxyl groups is 1. The third-order valence-corrected chi connectivity index (χ3v) is 3.27. The predicted molar refractivity (Wildman–Crippen MR) is 72.9 cm³/mol. The lowest BCUT2D eigenvalue weighted by Gasteiger charge is -2.16. The van der Waals surface area contributed by atoms with E-state index in [0.29, 0.717) is 5.56 Å². The van der Waals surface area contributed by atoms with Crippen molar-refractivity contribution in [2.75, 3.05) is 7.11 Å². The Morgan fingerprint density at radius 3 is 2.42 bits per heavy atom. The normalized spacial score (nSPS) is 12.3. The second kappa shape index (κ2) is 5.41. The van der Waals surface area contributed by atoms with E-state index in [2.05, 4.69) is 0 Å².